The first-order valence-corrected chi connectivity index (χ1v) is 7.48. The summed E-state index contributed by atoms with van der Waals surface area (Å²) in [6.07, 6.45) is 5.73. The average molecular weight is 281 g/mol. The molecular formula is C16H24FNO2. The van der Waals surface area contributed by atoms with Crippen LogP contribution >= 0.6 is 0 Å². The van der Waals surface area contributed by atoms with Gasteiger partial charge < -0.3 is 15.2 Å². The van der Waals surface area contributed by atoms with Crippen molar-refractivity contribution in [2.45, 2.75) is 50.9 Å². The minimum atomic E-state index is -0.538. The van der Waals surface area contributed by atoms with Crippen molar-refractivity contribution in [2.24, 2.45) is 0 Å². The standard InChI is InChI=1S/C16H24FNO2/c17-16-9-5-4-6-13(16)11-20-12-15(19)10-18-14-7-2-1-3-8-14/h4-6,9,14-15,18-19H,1-3,7-8,10-12H2. The number of hydrogen-bond acceptors (Lipinski definition) is 3. The third kappa shape index (κ3) is 5.19. The Balaban J connectivity index is 1.60. The maximum Gasteiger partial charge on any atom is 0.128 e. The molecule has 1 aromatic rings. The monoisotopic (exact) mass is 281 g/mol. The highest BCUT2D eigenvalue weighted by atomic mass is 19.1. The van der Waals surface area contributed by atoms with Crippen LogP contribution in [-0.2, 0) is 11.3 Å². The largest absolute Gasteiger partial charge is 0.389 e. The Hall–Kier alpha value is -0.970. The summed E-state index contributed by atoms with van der Waals surface area (Å²) < 4.78 is 18.7. The van der Waals surface area contributed by atoms with E-state index in [1.54, 1.807) is 18.2 Å². The molecule has 1 saturated carbocycles. The van der Waals surface area contributed by atoms with E-state index >= 15 is 0 Å². The van der Waals surface area contributed by atoms with Crippen LogP contribution in [0.5, 0.6) is 0 Å². The summed E-state index contributed by atoms with van der Waals surface area (Å²) in [5.41, 5.74) is 0.528. The maximum atomic E-state index is 13.4. The van der Waals surface area contributed by atoms with Crippen molar-refractivity contribution in [1.82, 2.24) is 5.32 Å². The van der Waals surface area contributed by atoms with Crippen LogP contribution in [0.25, 0.3) is 0 Å². The highest BCUT2D eigenvalue weighted by Crippen LogP contribution is 2.17. The molecule has 0 amide bonds. The van der Waals surface area contributed by atoms with E-state index < -0.39 is 6.10 Å². The van der Waals surface area contributed by atoms with E-state index in [0.29, 0.717) is 18.2 Å². The van der Waals surface area contributed by atoms with Gasteiger partial charge in [-0.3, -0.25) is 0 Å². The number of benzene rings is 1. The first-order chi connectivity index (χ1) is 9.75. The van der Waals surface area contributed by atoms with Gasteiger partial charge in [-0.2, -0.15) is 0 Å². The average Bonchev–Trinajstić information content (AvgIpc) is 2.48. The van der Waals surface area contributed by atoms with E-state index in [-0.39, 0.29) is 19.0 Å². The van der Waals surface area contributed by atoms with Crippen LogP contribution in [0.1, 0.15) is 37.7 Å². The normalized spacial score (nSPS) is 18.1. The molecule has 1 aromatic carbocycles. The van der Waals surface area contributed by atoms with Gasteiger partial charge in [0.1, 0.15) is 5.82 Å². The first kappa shape index (κ1) is 15.4. The number of ether oxygens (including phenoxy) is 1. The van der Waals surface area contributed by atoms with E-state index in [2.05, 4.69) is 5.32 Å². The predicted octanol–water partition coefficient (Wildman–Crippen LogP) is 2.63. The van der Waals surface area contributed by atoms with Crippen molar-refractivity contribution in [2.75, 3.05) is 13.2 Å². The van der Waals surface area contributed by atoms with E-state index in [4.69, 9.17) is 4.74 Å². The molecule has 2 rings (SSSR count). The molecule has 0 aliphatic heterocycles. The lowest BCUT2D eigenvalue weighted by atomic mass is 9.95. The Labute approximate surface area is 120 Å². The molecule has 1 atom stereocenters. The van der Waals surface area contributed by atoms with Crippen molar-refractivity contribution < 1.29 is 14.2 Å². The number of halogens is 1. The molecule has 0 radical (unpaired) electrons. The lowest BCUT2D eigenvalue weighted by Crippen LogP contribution is -2.38. The van der Waals surface area contributed by atoms with Gasteiger partial charge in [0, 0.05) is 18.2 Å². The predicted molar refractivity (Wildman–Crippen MR) is 76.9 cm³/mol. The summed E-state index contributed by atoms with van der Waals surface area (Å²) >= 11 is 0. The Morgan fingerprint density at radius 1 is 1.25 bits per heavy atom. The summed E-state index contributed by atoms with van der Waals surface area (Å²) in [5.74, 6) is -0.262. The van der Waals surface area contributed by atoms with Gasteiger partial charge in [0.2, 0.25) is 0 Å². The molecule has 1 aliphatic carbocycles. The molecule has 0 saturated heterocycles. The molecule has 4 heteroatoms. The van der Waals surface area contributed by atoms with Crippen molar-refractivity contribution in [3.05, 3.63) is 35.6 Å². The van der Waals surface area contributed by atoms with Crippen LogP contribution < -0.4 is 5.32 Å². The molecule has 1 aliphatic rings. The van der Waals surface area contributed by atoms with Crippen LogP contribution in [-0.4, -0.2) is 30.4 Å². The fourth-order valence-electron chi connectivity index (χ4n) is 2.59. The number of hydrogen-bond donors (Lipinski definition) is 2. The van der Waals surface area contributed by atoms with Crippen molar-refractivity contribution in [1.29, 1.82) is 0 Å². The smallest absolute Gasteiger partial charge is 0.128 e. The van der Waals surface area contributed by atoms with Crippen LogP contribution in [0, 0.1) is 5.82 Å². The molecule has 1 fully saturated rings. The van der Waals surface area contributed by atoms with Crippen LogP contribution in [0.4, 0.5) is 4.39 Å². The summed E-state index contributed by atoms with van der Waals surface area (Å²) in [5, 5.41) is 13.2. The van der Waals surface area contributed by atoms with Crippen LogP contribution in [0.3, 0.4) is 0 Å². The Morgan fingerprint density at radius 2 is 2.00 bits per heavy atom. The van der Waals surface area contributed by atoms with Gasteiger partial charge in [-0.15, -0.1) is 0 Å². The summed E-state index contributed by atoms with van der Waals surface area (Å²) in [6, 6.07) is 7.08. The molecule has 112 valence electrons. The van der Waals surface area contributed by atoms with Gasteiger partial charge >= 0.3 is 0 Å². The zero-order valence-electron chi connectivity index (χ0n) is 11.9. The van der Waals surface area contributed by atoms with Crippen molar-refractivity contribution in [3.63, 3.8) is 0 Å². The fourth-order valence-corrected chi connectivity index (χ4v) is 2.59. The second-order valence-corrected chi connectivity index (χ2v) is 5.50. The van der Waals surface area contributed by atoms with Crippen LogP contribution in [0.15, 0.2) is 24.3 Å². The lowest BCUT2D eigenvalue weighted by Gasteiger charge is -2.24. The van der Waals surface area contributed by atoms with E-state index in [1.807, 2.05) is 0 Å². The topological polar surface area (TPSA) is 41.5 Å². The minimum absolute atomic E-state index is 0.202. The zero-order valence-corrected chi connectivity index (χ0v) is 11.9. The molecule has 0 heterocycles. The Kier molecular flexibility index (Phi) is 6.43. The summed E-state index contributed by atoms with van der Waals surface area (Å²) in [6.45, 7) is 0.975. The molecule has 0 aromatic heterocycles. The Morgan fingerprint density at radius 3 is 2.75 bits per heavy atom. The fraction of sp³-hybridized carbons (Fsp3) is 0.625. The highest BCUT2D eigenvalue weighted by Gasteiger charge is 2.14. The van der Waals surface area contributed by atoms with Gasteiger partial charge in [-0.25, -0.2) is 4.39 Å². The van der Waals surface area contributed by atoms with Crippen LogP contribution in [0.2, 0.25) is 0 Å². The van der Waals surface area contributed by atoms with Gasteiger partial charge in [0.25, 0.3) is 0 Å². The molecule has 2 N–H and O–H groups in total. The quantitative estimate of drug-likeness (QED) is 0.807. The third-order valence-corrected chi connectivity index (χ3v) is 3.77. The minimum Gasteiger partial charge on any atom is -0.389 e. The SMILES string of the molecule is OC(CNC1CCCCC1)COCc1ccccc1F. The number of nitrogens with one attached hydrogen (secondary N) is 1. The molecule has 0 bridgehead atoms. The zero-order chi connectivity index (χ0) is 14.2. The van der Waals surface area contributed by atoms with Crippen molar-refractivity contribution in [3.8, 4) is 0 Å². The molecule has 3 nitrogen and oxygen atoms in total. The Bertz CT molecular complexity index is 394. The summed E-state index contributed by atoms with van der Waals surface area (Å²) in [7, 11) is 0. The molecular weight excluding hydrogens is 257 g/mol. The molecule has 0 spiro atoms. The van der Waals surface area contributed by atoms with Crippen molar-refractivity contribution >= 4 is 0 Å². The maximum absolute atomic E-state index is 13.4. The van der Waals surface area contributed by atoms with Gasteiger partial charge in [0.05, 0.1) is 19.3 Å². The second kappa shape index (κ2) is 8.35. The number of rotatable bonds is 7. The molecule has 1 unspecified atom stereocenters. The summed E-state index contributed by atoms with van der Waals surface area (Å²) in [4.78, 5) is 0. The number of aliphatic hydroxyl groups excluding tert-OH is 1. The van der Waals surface area contributed by atoms with E-state index in [0.717, 1.165) is 0 Å². The lowest BCUT2D eigenvalue weighted by molar-refractivity contribution is 0.0261. The first-order valence-electron chi connectivity index (χ1n) is 7.48. The van der Waals surface area contributed by atoms with Gasteiger partial charge in [0.15, 0.2) is 0 Å². The van der Waals surface area contributed by atoms with E-state index in [9.17, 15) is 9.50 Å². The highest BCUT2D eigenvalue weighted by molar-refractivity contribution is 5.16. The molecule has 20 heavy (non-hydrogen) atoms. The van der Waals surface area contributed by atoms with E-state index in [1.165, 1.54) is 38.2 Å². The van der Waals surface area contributed by atoms with Gasteiger partial charge in [-0.05, 0) is 18.9 Å². The second-order valence-electron chi connectivity index (χ2n) is 5.50. The van der Waals surface area contributed by atoms with Gasteiger partial charge in [-0.1, -0.05) is 37.5 Å². The third-order valence-electron chi connectivity index (χ3n) is 3.77. The number of aliphatic hydroxyl groups is 1.